The topological polar surface area (TPSA) is 52.7 Å². The molecule has 2 aliphatic rings. The molecule has 2 amide bonds. The largest absolute Gasteiger partial charge is 0.340 e. The molecule has 0 bridgehead atoms. The van der Waals surface area contributed by atoms with Gasteiger partial charge in [0.05, 0.1) is 0 Å². The van der Waals surface area contributed by atoms with Gasteiger partial charge in [0, 0.05) is 37.7 Å². The number of hydrogen-bond acceptors (Lipinski definition) is 3. The van der Waals surface area contributed by atoms with E-state index in [4.69, 9.17) is 0 Å². The highest BCUT2D eigenvalue weighted by Gasteiger charge is 2.29. The van der Waals surface area contributed by atoms with Crippen LogP contribution in [0.1, 0.15) is 55.8 Å². The van der Waals surface area contributed by atoms with Gasteiger partial charge in [0.1, 0.15) is 0 Å². The molecule has 0 saturated carbocycles. The van der Waals surface area contributed by atoms with Crippen molar-refractivity contribution in [3.8, 4) is 0 Å². The third kappa shape index (κ3) is 5.95. The Morgan fingerprint density at radius 1 is 1.14 bits per heavy atom. The van der Waals surface area contributed by atoms with Crippen LogP contribution in [0.2, 0.25) is 0 Å². The molecule has 6 heteroatoms. The lowest BCUT2D eigenvalue weighted by Gasteiger charge is -2.39. The van der Waals surface area contributed by atoms with Crippen LogP contribution in [-0.4, -0.2) is 60.4 Å². The smallest absolute Gasteiger partial charge is 0.253 e. The Morgan fingerprint density at radius 2 is 1.86 bits per heavy atom. The van der Waals surface area contributed by atoms with E-state index in [1.165, 1.54) is 6.42 Å². The maximum Gasteiger partial charge on any atom is 0.253 e. The van der Waals surface area contributed by atoms with Gasteiger partial charge in [-0.1, -0.05) is 25.1 Å². The van der Waals surface area contributed by atoms with E-state index in [0.717, 1.165) is 64.0 Å². The molecule has 1 unspecified atom stereocenters. The lowest BCUT2D eigenvalue weighted by molar-refractivity contribution is -0.134. The minimum Gasteiger partial charge on any atom is -0.340 e. The van der Waals surface area contributed by atoms with Gasteiger partial charge in [0.15, 0.2) is 0 Å². The summed E-state index contributed by atoms with van der Waals surface area (Å²) in [5.74, 6) is 1.07. The first-order chi connectivity index (χ1) is 13.2. The van der Waals surface area contributed by atoms with E-state index in [9.17, 15) is 9.59 Å². The minimum absolute atomic E-state index is 0. The molecule has 0 radical (unpaired) electrons. The zero-order chi connectivity index (χ0) is 19.1. The number of likely N-dealkylation sites (tertiary alicyclic amines) is 1. The number of rotatable bonds is 7. The van der Waals surface area contributed by atoms with E-state index in [1.807, 2.05) is 35.2 Å². The van der Waals surface area contributed by atoms with Crippen LogP contribution in [0.25, 0.3) is 0 Å². The zero-order valence-corrected chi connectivity index (χ0v) is 17.8. The molecular weight excluding hydrogens is 374 g/mol. The summed E-state index contributed by atoms with van der Waals surface area (Å²) in [5.41, 5.74) is 0.752. The highest BCUT2D eigenvalue weighted by Crippen LogP contribution is 2.22. The molecule has 0 aromatic heterocycles. The summed E-state index contributed by atoms with van der Waals surface area (Å²) >= 11 is 0. The fourth-order valence-electron chi connectivity index (χ4n) is 4.33. The Labute approximate surface area is 175 Å². The van der Waals surface area contributed by atoms with Crippen LogP contribution in [-0.2, 0) is 4.79 Å². The summed E-state index contributed by atoms with van der Waals surface area (Å²) in [6.07, 6.45) is 5.61. The summed E-state index contributed by atoms with van der Waals surface area (Å²) in [4.78, 5) is 29.5. The van der Waals surface area contributed by atoms with Crippen LogP contribution in [0, 0.1) is 5.92 Å². The Hall–Kier alpha value is -1.59. The number of carbonyl (C=O) groups is 2. The first kappa shape index (κ1) is 22.7. The molecule has 1 atom stereocenters. The second-order valence-electron chi connectivity index (χ2n) is 7.87. The summed E-state index contributed by atoms with van der Waals surface area (Å²) < 4.78 is 0. The van der Waals surface area contributed by atoms with E-state index in [2.05, 4.69) is 17.1 Å². The van der Waals surface area contributed by atoms with E-state index < -0.39 is 0 Å². The summed E-state index contributed by atoms with van der Waals surface area (Å²) in [7, 11) is 0. The molecule has 156 valence electrons. The maximum absolute atomic E-state index is 12.9. The van der Waals surface area contributed by atoms with E-state index >= 15 is 0 Å². The van der Waals surface area contributed by atoms with Crippen LogP contribution in [0.3, 0.4) is 0 Å². The molecule has 0 aliphatic carbocycles. The average Bonchev–Trinajstić information content (AvgIpc) is 3.24. The number of nitrogens with one attached hydrogen (secondary N) is 1. The third-order valence-electron chi connectivity index (χ3n) is 5.93. The molecular formula is C22H34ClN3O2. The van der Waals surface area contributed by atoms with Crippen LogP contribution < -0.4 is 5.32 Å². The van der Waals surface area contributed by atoms with Gasteiger partial charge >= 0.3 is 0 Å². The van der Waals surface area contributed by atoms with Crippen molar-refractivity contribution in [2.45, 2.75) is 51.5 Å². The van der Waals surface area contributed by atoms with Crippen molar-refractivity contribution in [2.75, 3.05) is 32.7 Å². The number of nitrogens with zero attached hydrogens (tertiary/aromatic N) is 2. The fraction of sp³-hybridized carbons (Fsp3) is 0.636. The van der Waals surface area contributed by atoms with Crippen LogP contribution >= 0.6 is 12.4 Å². The Bertz CT molecular complexity index is 611. The van der Waals surface area contributed by atoms with Crippen molar-refractivity contribution in [1.29, 1.82) is 0 Å². The van der Waals surface area contributed by atoms with Crippen molar-refractivity contribution >= 4 is 24.2 Å². The highest BCUT2D eigenvalue weighted by atomic mass is 35.5. The summed E-state index contributed by atoms with van der Waals surface area (Å²) in [6, 6.07) is 9.76. The molecule has 1 aromatic rings. The molecule has 2 fully saturated rings. The Balaban J connectivity index is 0.00000280. The third-order valence-corrected chi connectivity index (χ3v) is 5.93. The number of amides is 2. The van der Waals surface area contributed by atoms with Crippen LogP contribution in [0.4, 0.5) is 0 Å². The van der Waals surface area contributed by atoms with Gasteiger partial charge in [-0.2, -0.15) is 0 Å². The standard InChI is InChI=1S/C22H33N3O2.ClH/c1-2-14-25(21(26)9-8-18-10-13-23-17-18)20-11-15-24(16-12-20)22(27)19-6-4-3-5-7-19;/h3-7,18,20,23H,2,8-17H2,1H3;1H. The van der Waals surface area contributed by atoms with Crippen molar-refractivity contribution in [3.63, 3.8) is 0 Å². The lowest BCUT2D eigenvalue weighted by atomic mass is 9.99. The predicted molar refractivity (Wildman–Crippen MR) is 115 cm³/mol. The fourth-order valence-corrected chi connectivity index (χ4v) is 4.33. The Kier molecular flexibility index (Phi) is 9.26. The first-order valence-corrected chi connectivity index (χ1v) is 10.5. The predicted octanol–water partition coefficient (Wildman–Crippen LogP) is 3.34. The average molecular weight is 408 g/mol. The molecule has 2 saturated heterocycles. The first-order valence-electron chi connectivity index (χ1n) is 10.5. The summed E-state index contributed by atoms with van der Waals surface area (Å²) in [6.45, 7) is 6.58. The van der Waals surface area contributed by atoms with Gasteiger partial charge in [0.2, 0.25) is 5.91 Å². The van der Waals surface area contributed by atoms with Gasteiger partial charge in [0.25, 0.3) is 5.91 Å². The number of piperidine rings is 1. The number of benzene rings is 1. The zero-order valence-electron chi connectivity index (χ0n) is 16.9. The molecule has 1 N–H and O–H groups in total. The molecule has 28 heavy (non-hydrogen) atoms. The van der Waals surface area contributed by atoms with Crippen LogP contribution in [0.15, 0.2) is 30.3 Å². The molecule has 2 heterocycles. The number of carbonyl (C=O) groups excluding carboxylic acids is 2. The molecule has 0 spiro atoms. The number of hydrogen-bond donors (Lipinski definition) is 1. The van der Waals surface area contributed by atoms with E-state index in [0.29, 0.717) is 18.2 Å². The van der Waals surface area contributed by atoms with E-state index in [-0.39, 0.29) is 24.4 Å². The molecule has 2 aliphatic heterocycles. The number of halogens is 1. The normalized spacial score (nSPS) is 19.9. The van der Waals surface area contributed by atoms with E-state index in [1.54, 1.807) is 0 Å². The molecule has 3 rings (SSSR count). The molecule has 5 nitrogen and oxygen atoms in total. The van der Waals surface area contributed by atoms with Gasteiger partial charge in [-0.05, 0) is 63.2 Å². The quantitative estimate of drug-likeness (QED) is 0.754. The SMILES string of the molecule is CCCN(C(=O)CCC1CCNC1)C1CCN(C(=O)c2ccccc2)CC1.Cl. The second-order valence-corrected chi connectivity index (χ2v) is 7.87. The molecule has 1 aromatic carbocycles. The monoisotopic (exact) mass is 407 g/mol. The Morgan fingerprint density at radius 3 is 2.46 bits per heavy atom. The van der Waals surface area contributed by atoms with Crippen molar-refractivity contribution in [1.82, 2.24) is 15.1 Å². The highest BCUT2D eigenvalue weighted by molar-refractivity contribution is 5.94. The minimum atomic E-state index is 0. The van der Waals surface area contributed by atoms with Crippen LogP contribution in [0.5, 0.6) is 0 Å². The maximum atomic E-state index is 12.9. The van der Waals surface area contributed by atoms with Gasteiger partial charge in [-0.3, -0.25) is 9.59 Å². The summed E-state index contributed by atoms with van der Waals surface area (Å²) in [5, 5.41) is 3.38. The van der Waals surface area contributed by atoms with Crippen molar-refractivity contribution in [2.24, 2.45) is 5.92 Å². The van der Waals surface area contributed by atoms with Gasteiger partial charge in [-0.15, -0.1) is 12.4 Å². The lowest BCUT2D eigenvalue weighted by Crippen LogP contribution is -2.49. The van der Waals surface area contributed by atoms with Crippen molar-refractivity contribution < 1.29 is 9.59 Å². The van der Waals surface area contributed by atoms with Gasteiger partial charge < -0.3 is 15.1 Å². The van der Waals surface area contributed by atoms with Crippen molar-refractivity contribution in [3.05, 3.63) is 35.9 Å². The second kappa shape index (κ2) is 11.4. The van der Waals surface area contributed by atoms with Gasteiger partial charge in [-0.25, -0.2) is 0 Å².